The van der Waals surface area contributed by atoms with Gasteiger partial charge in [-0.2, -0.15) is 0 Å². The Morgan fingerprint density at radius 2 is 2.11 bits per heavy atom. The van der Waals surface area contributed by atoms with Gasteiger partial charge in [0.1, 0.15) is 0 Å². The second kappa shape index (κ2) is 4.42. The Balaban J connectivity index is 2.12. The van der Waals surface area contributed by atoms with Crippen molar-refractivity contribution >= 4 is 28.9 Å². The molecular formula is C15H9ClN2O. The molecule has 1 N–H and O–H groups in total. The molecule has 0 fully saturated rings. The van der Waals surface area contributed by atoms with Crippen molar-refractivity contribution in [3.63, 3.8) is 0 Å². The van der Waals surface area contributed by atoms with E-state index in [1.807, 2.05) is 30.3 Å². The Morgan fingerprint density at radius 3 is 2.89 bits per heavy atom. The summed E-state index contributed by atoms with van der Waals surface area (Å²) in [6, 6.07) is 11.1. The molecule has 1 amide bonds. The van der Waals surface area contributed by atoms with Gasteiger partial charge in [-0.1, -0.05) is 35.9 Å². The number of rotatable bonds is 1. The molecule has 1 aliphatic heterocycles. The van der Waals surface area contributed by atoms with Gasteiger partial charge in [0.2, 0.25) is 11.6 Å². The molecule has 0 saturated carbocycles. The predicted octanol–water partition coefficient (Wildman–Crippen LogP) is 4.05. The van der Waals surface area contributed by atoms with Crippen LogP contribution >= 0.6 is 11.6 Å². The molecule has 3 rings (SSSR count). The Hall–Kier alpha value is -2.31. The molecule has 2 aromatic carbocycles. The lowest BCUT2D eigenvalue weighted by Gasteiger charge is -2.07. The van der Waals surface area contributed by atoms with E-state index >= 15 is 0 Å². The fourth-order valence-corrected chi connectivity index (χ4v) is 2.50. The molecule has 4 heteroatoms. The lowest BCUT2D eigenvalue weighted by Crippen LogP contribution is -2.03. The number of carbonyl (C=O) groups is 1. The van der Waals surface area contributed by atoms with Crippen LogP contribution in [0.1, 0.15) is 5.56 Å². The van der Waals surface area contributed by atoms with Gasteiger partial charge in [0.25, 0.3) is 0 Å². The van der Waals surface area contributed by atoms with E-state index in [0.29, 0.717) is 17.1 Å². The molecule has 0 aliphatic carbocycles. The summed E-state index contributed by atoms with van der Waals surface area (Å²) in [4.78, 5) is 14.7. The third-order valence-corrected chi connectivity index (χ3v) is 3.54. The van der Waals surface area contributed by atoms with E-state index in [1.165, 1.54) is 0 Å². The molecule has 2 aromatic rings. The average molecular weight is 269 g/mol. The summed E-state index contributed by atoms with van der Waals surface area (Å²) in [5.41, 5.74) is 4.00. The Morgan fingerprint density at radius 1 is 1.26 bits per heavy atom. The molecular weight excluding hydrogens is 260 g/mol. The van der Waals surface area contributed by atoms with Crippen molar-refractivity contribution < 1.29 is 4.79 Å². The smallest absolute Gasteiger partial charge is 0.228 e. The number of nitrogens with one attached hydrogen (secondary N) is 1. The summed E-state index contributed by atoms with van der Waals surface area (Å²) >= 11 is 6.23. The zero-order valence-electron chi connectivity index (χ0n) is 9.90. The van der Waals surface area contributed by atoms with Gasteiger partial charge in [0.05, 0.1) is 18.0 Å². The first-order valence-electron chi connectivity index (χ1n) is 5.78. The first-order valence-corrected chi connectivity index (χ1v) is 6.16. The van der Waals surface area contributed by atoms with Gasteiger partial charge in [-0.15, -0.1) is 0 Å². The van der Waals surface area contributed by atoms with Crippen molar-refractivity contribution in [3.8, 4) is 11.1 Å². The van der Waals surface area contributed by atoms with Crippen LogP contribution in [-0.4, -0.2) is 5.91 Å². The summed E-state index contributed by atoms with van der Waals surface area (Å²) in [6.07, 6.45) is 0.392. The largest absolute Gasteiger partial charge is 0.326 e. The van der Waals surface area contributed by atoms with Crippen LogP contribution in [0.2, 0.25) is 5.02 Å². The fourth-order valence-electron chi connectivity index (χ4n) is 2.23. The van der Waals surface area contributed by atoms with Gasteiger partial charge in [-0.25, -0.2) is 4.85 Å². The number of hydrogen-bond acceptors (Lipinski definition) is 1. The highest BCUT2D eigenvalue weighted by molar-refractivity contribution is 6.36. The van der Waals surface area contributed by atoms with E-state index in [1.54, 1.807) is 6.07 Å². The number of fused-ring (bicyclic) bond motifs is 1. The topological polar surface area (TPSA) is 33.5 Å². The van der Waals surface area contributed by atoms with Crippen molar-refractivity contribution in [2.75, 3.05) is 5.32 Å². The number of carbonyl (C=O) groups excluding carboxylic acids is 1. The molecule has 0 saturated heterocycles. The monoisotopic (exact) mass is 268 g/mol. The molecule has 1 aliphatic rings. The standard InChI is InChI=1S/C15H9ClN2O/c1-17-13-4-2-3-11(15(13)16)9-5-6-12-10(7-9)8-14(19)18-12/h2-7H,8H2,(H,18,19). The lowest BCUT2D eigenvalue weighted by molar-refractivity contribution is -0.115. The van der Waals surface area contributed by atoms with Crippen LogP contribution < -0.4 is 5.32 Å². The van der Waals surface area contributed by atoms with Crippen LogP contribution in [0.3, 0.4) is 0 Å². The highest BCUT2D eigenvalue weighted by atomic mass is 35.5. The zero-order valence-corrected chi connectivity index (χ0v) is 10.7. The molecule has 1 heterocycles. The maximum absolute atomic E-state index is 11.3. The van der Waals surface area contributed by atoms with Gasteiger partial charge in [-0.3, -0.25) is 4.79 Å². The van der Waals surface area contributed by atoms with E-state index in [-0.39, 0.29) is 5.91 Å². The molecule has 0 aromatic heterocycles. The minimum atomic E-state index is 0.00755. The van der Waals surface area contributed by atoms with Crippen LogP contribution in [0.5, 0.6) is 0 Å². The van der Waals surface area contributed by atoms with Crippen LogP contribution in [0.25, 0.3) is 16.0 Å². The van der Waals surface area contributed by atoms with Crippen LogP contribution in [0.4, 0.5) is 11.4 Å². The van der Waals surface area contributed by atoms with E-state index in [2.05, 4.69) is 10.2 Å². The van der Waals surface area contributed by atoms with Gasteiger partial charge in [0, 0.05) is 5.69 Å². The third-order valence-electron chi connectivity index (χ3n) is 3.14. The quantitative estimate of drug-likeness (QED) is 0.778. The van der Waals surface area contributed by atoms with Crippen LogP contribution in [0, 0.1) is 6.57 Å². The van der Waals surface area contributed by atoms with Gasteiger partial charge >= 0.3 is 0 Å². The second-order valence-electron chi connectivity index (χ2n) is 4.35. The van der Waals surface area contributed by atoms with Gasteiger partial charge in [-0.05, 0) is 28.8 Å². The average Bonchev–Trinajstić information content (AvgIpc) is 2.78. The first kappa shape index (κ1) is 11.8. The van der Waals surface area contributed by atoms with Crippen LogP contribution in [0.15, 0.2) is 36.4 Å². The molecule has 92 valence electrons. The normalized spacial score (nSPS) is 12.7. The Bertz CT molecular complexity index is 731. The van der Waals surface area contributed by atoms with Crippen molar-refractivity contribution in [1.29, 1.82) is 0 Å². The van der Waals surface area contributed by atoms with E-state index in [9.17, 15) is 4.79 Å². The highest BCUT2D eigenvalue weighted by Crippen LogP contribution is 2.37. The number of halogens is 1. The number of nitrogens with zero attached hydrogens (tertiary/aromatic N) is 1. The van der Waals surface area contributed by atoms with Crippen molar-refractivity contribution in [1.82, 2.24) is 0 Å². The maximum atomic E-state index is 11.3. The Labute approximate surface area is 115 Å². The molecule has 19 heavy (non-hydrogen) atoms. The molecule has 0 unspecified atom stereocenters. The summed E-state index contributed by atoms with van der Waals surface area (Å²) in [6.45, 7) is 7.08. The minimum absolute atomic E-state index is 0.00755. The molecule has 0 atom stereocenters. The third kappa shape index (κ3) is 1.96. The van der Waals surface area contributed by atoms with Crippen molar-refractivity contribution in [2.45, 2.75) is 6.42 Å². The minimum Gasteiger partial charge on any atom is -0.326 e. The van der Waals surface area contributed by atoms with Crippen LogP contribution in [-0.2, 0) is 11.2 Å². The van der Waals surface area contributed by atoms with Crippen molar-refractivity contribution in [2.24, 2.45) is 0 Å². The van der Waals surface area contributed by atoms with E-state index in [4.69, 9.17) is 18.2 Å². The summed E-state index contributed by atoms with van der Waals surface area (Å²) in [5.74, 6) is 0.00755. The summed E-state index contributed by atoms with van der Waals surface area (Å²) in [5, 5.41) is 3.25. The van der Waals surface area contributed by atoms with Gasteiger partial charge in [0.15, 0.2) is 0 Å². The maximum Gasteiger partial charge on any atom is 0.228 e. The fraction of sp³-hybridized carbons (Fsp3) is 0.0667. The molecule has 0 bridgehead atoms. The van der Waals surface area contributed by atoms with Crippen molar-refractivity contribution in [3.05, 3.63) is 58.4 Å². The SMILES string of the molecule is [C-]#[N+]c1cccc(-c2ccc3c(c2)CC(=O)N3)c1Cl. The first-order chi connectivity index (χ1) is 9.19. The number of amides is 1. The van der Waals surface area contributed by atoms with E-state index in [0.717, 1.165) is 22.4 Å². The predicted molar refractivity (Wildman–Crippen MR) is 75.5 cm³/mol. The number of hydrogen-bond donors (Lipinski definition) is 1. The summed E-state index contributed by atoms with van der Waals surface area (Å²) < 4.78 is 0. The zero-order chi connectivity index (χ0) is 13.4. The summed E-state index contributed by atoms with van der Waals surface area (Å²) in [7, 11) is 0. The second-order valence-corrected chi connectivity index (χ2v) is 4.73. The number of benzene rings is 2. The highest BCUT2D eigenvalue weighted by Gasteiger charge is 2.18. The van der Waals surface area contributed by atoms with Gasteiger partial charge < -0.3 is 5.32 Å². The Kier molecular flexibility index (Phi) is 2.73. The lowest BCUT2D eigenvalue weighted by atomic mass is 10.0. The molecule has 0 radical (unpaired) electrons. The molecule has 0 spiro atoms. The van der Waals surface area contributed by atoms with E-state index < -0.39 is 0 Å². The molecule has 3 nitrogen and oxygen atoms in total. The number of anilines is 1.